The molecule has 0 spiro atoms. The Morgan fingerprint density at radius 3 is 2.86 bits per heavy atom. The molecule has 6 nitrogen and oxygen atoms in total. The van der Waals surface area contributed by atoms with Gasteiger partial charge in [-0.3, -0.25) is 5.10 Å². The van der Waals surface area contributed by atoms with Crippen LogP contribution in [0.2, 0.25) is 0 Å². The summed E-state index contributed by atoms with van der Waals surface area (Å²) in [6.45, 7) is 3.70. The number of rotatable bonds is 5. The topological polar surface area (TPSA) is 89.5 Å². The molecule has 2 aromatic carbocycles. The van der Waals surface area contributed by atoms with Crippen LogP contribution in [0.1, 0.15) is 24.0 Å². The standard InChI is InChI=1S/C23H23N5O/c24-12-16-1-3-19-21(10-16)27-28-23(19)22-11-18-9-17(2-4-20(18)26-22)14-25-13-15-5-7-29-8-6-15/h1-4,9-11,15,25-26H,5-8,13-14H2,(H,27,28). The zero-order valence-electron chi connectivity index (χ0n) is 16.2. The summed E-state index contributed by atoms with van der Waals surface area (Å²) in [5.41, 5.74) is 5.72. The molecule has 1 aliphatic rings. The summed E-state index contributed by atoms with van der Waals surface area (Å²) in [4.78, 5) is 3.47. The van der Waals surface area contributed by atoms with Gasteiger partial charge in [0, 0.05) is 36.0 Å². The van der Waals surface area contributed by atoms with Gasteiger partial charge in [0.25, 0.3) is 0 Å². The van der Waals surface area contributed by atoms with E-state index in [4.69, 9.17) is 10.00 Å². The molecule has 0 bridgehead atoms. The summed E-state index contributed by atoms with van der Waals surface area (Å²) < 4.78 is 5.43. The van der Waals surface area contributed by atoms with Crippen LogP contribution in [-0.4, -0.2) is 34.9 Å². The van der Waals surface area contributed by atoms with Gasteiger partial charge in [-0.25, -0.2) is 0 Å². The number of nitrogens with zero attached hydrogens (tertiary/aromatic N) is 2. The van der Waals surface area contributed by atoms with E-state index in [-0.39, 0.29) is 0 Å². The maximum Gasteiger partial charge on any atom is 0.116 e. The average molecular weight is 385 g/mol. The molecule has 29 heavy (non-hydrogen) atoms. The van der Waals surface area contributed by atoms with Crippen molar-refractivity contribution in [3.8, 4) is 17.5 Å². The fourth-order valence-corrected chi connectivity index (χ4v) is 4.09. The highest BCUT2D eigenvalue weighted by Crippen LogP contribution is 2.29. The van der Waals surface area contributed by atoms with Gasteiger partial charge in [-0.05, 0) is 67.3 Å². The second-order valence-corrected chi connectivity index (χ2v) is 7.74. The molecule has 3 N–H and O–H groups in total. The zero-order valence-corrected chi connectivity index (χ0v) is 16.2. The van der Waals surface area contributed by atoms with Gasteiger partial charge in [-0.2, -0.15) is 10.4 Å². The maximum atomic E-state index is 9.08. The number of ether oxygens (including phenoxy) is 1. The minimum Gasteiger partial charge on any atom is -0.381 e. The summed E-state index contributed by atoms with van der Waals surface area (Å²) in [5, 5.41) is 22.4. The van der Waals surface area contributed by atoms with E-state index in [1.165, 1.54) is 10.9 Å². The van der Waals surface area contributed by atoms with Crippen molar-refractivity contribution in [1.82, 2.24) is 20.5 Å². The van der Waals surface area contributed by atoms with Crippen molar-refractivity contribution in [2.75, 3.05) is 19.8 Å². The smallest absolute Gasteiger partial charge is 0.116 e. The number of aromatic nitrogens is 3. The van der Waals surface area contributed by atoms with Crippen LogP contribution < -0.4 is 5.32 Å². The first-order valence-electron chi connectivity index (χ1n) is 10.1. The molecular formula is C23H23N5O. The highest BCUT2D eigenvalue weighted by atomic mass is 16.5. The highest BCUT2D eigenvalue weighted by molar-refractivity contribution is 5.96. The van der Waals surface area contributed by atoms with E-state index >= 15 is 0 Å². The summed E-state index contributed by atoms with van der Waals surface area (Å²) in [6, 6.07) is 16.4. The number of benzene rings is 2. The Kier molecular flexibility index (Phi) is 4.76. The molecule has 1 fully saturated rings. The Morgan fingerprint density at radius 1 is 1.10 bits per heavy atom. The van der Waals surface area contributed by atoms with Crippen LogP contribution >= 0.6 is 0 Å². The molecule has 0 amide bonds. The van der Waals surface area contributed by atoms with Crippen molar-refractivity contribution in [3.63, 3.8) is 0 Å². The fourth-order valence-electron chi connectivity index (χ4n) is 4.09. The second-order valence-electron chi connectivity index (χ2n) is 7.74. The summed E-state index contributed by atoms with van der Waals surface area (Å²) >= 11 is 0. The molecular weight excluding hydrogens is 362 g/mol. The fraction of sp³-hybridized carbons (Fsp3) is 0.304. The zero-order chi connectivity index (χ0) is 19.6. The van der Waals surface area contributed by atoms with Crippen LogP contribution in [0.5, 0.6) is 0 Å². The van der Waals surface area contributed by atoms with Gasteiger partial charge in [0.2, 0.25) is 0 Å². The van der Waals surface area contributed by atoms with E-state index in [1.54, 1.807) is 0 Å². The largest absolute Gasteiger partial charge is 0.381 e. The molecule has 0 saturated carbocycles. The lowest BCUT2D eigenvalue weighted by Crippen LogP contribution is -2.27. The van der Waals surface area contributed by atoms with E-state index in [9.17, 15) is 0 Å². The van der Waals surface area contributed by atoms with E-state index < -0.39 is 0 Å². The molecule has 4 aromatic rings. The normalized spacial score (nSPS) is 15.1. The molecule has 0 atom stereocenters. The van der Waals surface area contributed by atoms with Gasteiger partial charge < -0.3 is 15.0 Å². The van der Waals surface area contributed by atoms with Crippen molar-refractivity contribution in [2.24, 2.45) is 5.92 Å². The Bertz CT molecular complexity index is 1190. The molecule has 146 valence electrons. The van der Waals surface area contributed by atoms with Crippen molar-refractivity contribution < 1.29 is 4.74 Å². The molecule has 0 unspecified atom stereocenters. The van der Waals surface area contributed by atoms with Crippen molar-refractivity contribution in [1.29, 1.82) is 5.26 Å². The minimum absolute atomic E-state index is 0.627. The number of nitrogens with one attached hydrogen (secondary N) is 3. The molecule has 5 rings (SSSR count). The Hall–Kier alpha value is -3.14. The predicted molar refractivity (Wildman–Crippen MR) is 113 cm³/mol. The van der Waals surface area contributed by atoms with Crippen LogP contribution in [0.25, 0.3) is 33.2 Å². The van der Waals surface area contributed by atoms with E-state index in [0.717, 1.165) is 72.9 Å². The van der Waals surface area contributed by atoms with Crippen LogP contribution in [-0.2, 0) is 11.3 Å². The monoisotopic (exact) mass is 385 g/mol. The molecule has 1 saturated heterocycles. The molecule has 2 aromatic heterocycles. The first kappa shape index (κ1) is 17.9. The highest BCUT2D eigenvalue weighted by Gasteiger charge is 2.14. The molecule has 0 aliphatic carbocycles. The van der Waals surface area contributed by atoms with Crippen molar-refractivity contribution in [2.45, 2.75) is 19.4 Å². The third-order valence-corrected chi connectivity index (χ3v) is 5.74. The van der Waals surface area contributed by atoms with Crippen molar-refractivity contribution in [3.05, 3.63) is 53.6 Å². The van der Waals surface area contributed by atoms with Gasteiger partial charge >= 0.3 is 0 Å². The van der Waals surface area contributed by atoms with Crippen LogP contribution in [0, 0.1) is 17.2 Å². The van der Waals surface area contributed by atoms with Gasteiger partial charge in [0.05, 0.1) is 22.8 Å². The lowest BCUT2D eigenvalue weighted by Gasteiger charge is -2.22. The van der Waals surface area contributed by atoms with Crippen LogP contribution in [0.4, 0.5) is 0 Å². The number of aromatic amines is 2. The van der Waals surface area contributed by atoms with Gasteiger partial charge in [-0.15, -0.1) is 0 Å². The van der Waals surface area contributed by atoms with E-state index in [0.29, 0.717) is 5.56 Å². The Balaban J connectivity index is 1.35. The average Bonchev–Trinajstić information content (AvgIpc) is 3.37. The van der Waals surface area contributed by atoms with Crippen LogP contribution in [0.3, 0.4) is 0 Å². The number of H-pyrrole nitrogens is 2. The molecule has 3 heterocycles. The number of hydrogen-bond acceptors (Lipinski definition) is 4. The number of nitriles is 1. The molecule has 0 radical (unpaired) electrons. The first-order valence-corrected chi connectivity index (χ1v) is 10.1. The van der Waals surface area contributed by atoms with Gasteiger partial charge in [-0.1, -0.05) is 6.07 Å². The van der Waals surface area contributed by atoms with E-state index in [1.807, 2.05) is 18.2 Å². The maximum absolute atomic E-state index is 9.08. The summed E-state index contributed by atoms with van der Waals surface area (Å²) in [7, 11) is 0. The van der Waals surface area contributed by atoms with Gasteiger partial charge in [0.1, 0.15) is 5.69 Å². The van der Waals surface area contributed by atoms with E-state index in [2.05, 4.69) is 50.8 Å². The summed E-state index contributed by atoms with van der Waals surface area (Å²) in [5.74, 6) is 0.723. The second kappa shape index (κ2) is 7.70. The quantitative estimate of drug-likeness (QED) is 0.482. The molecule has 1 aliphatic heterocycles. The number of fused-ring (bicyclic) bond motifs is 2. The SMILES string of the molecule is N#Cc1ccc2c(-c3cc4cc(CNCC5CCOCC5)ccc4[nH]3)n[nH]c2c1. The molecule has 6 heteroatoms. The first-order chi connectivity index (χ1) is 14.3. The lowest BCUT2D eigenvalue weighted by atomic mass is 10.0. The third-order valence-electron chi connectivity index (χ3n) is 5.74. The van der Waals surface area contributed by atoms with Crippen LogP contribution in [0.15, 0.2) is 42.5 Å². The predicted octanol–water partition coefficient (Wildman–Crippen LogP) is 4.10. The Labute approximate surface area is 168 Å². The lowest BCUT2D eigenvalue weighted by molar-refractivity contribution is 0.0662. The Morgan fingerprint density at radius 2 is 2.00 bits per heavy atom. The number of hydrogen-bond donors (Lipinski definition) is 3. The van der Waals surface area contributed by atoms with Gasteiger partial charge in [0.15, 0.2) is 0 Å². The third kappa shape index (κ3) is 3.63. The minimum atomic E-state index is 0.627. The summed E-state index contributed by atoms with van der Waals surface area (Å²) in [6.07, 6.45) is 2.31. The van der Waals surface area contributed by atoms with Crippen molar-refractivity contribution >= 4 is 21.8 Å².